The minimum atomic E-state index is -0.555. The van der Waals surface area contributed by atoms with Crippen molar-refractivity contribution < 1.29 is 28.6 Å². The summed E-state index contributed by atoms with van der Waals surface area (Å²) in [5.74, 6) is -0.403. The van der Waals surface area contributed by atoms with Crippen molar-refractivity contribution in [2.45, 2.75) is 0 Å². The molecule has 0 atom stereocenters. The summed E-state index contributed by atoms with van der Waals surface area (Å²) in [5, 5.41) is 0. The summed E-state index contributed by atoms with van der Waals surface area (Å²) >= 11 is 0. The van der Waals surface area contributed by atoms with Gasteiger partial charge in [-0.25, -0.2) is 14.6 Å². The molecule has 7 heteroatoms. The van der Waals surface area contributed by atoms with Crippen LogP contribution in [-0.2, 0) is 14.3 Å². The van der Waals surface area contributed by atoms with Gasteiger partial charge in [-0.2, -0.15) is 0 Å². The van der Waals surface area contributed by atoms with Gasteiger partial charge >= 0.3 is 11.9 Å². The zero-order valence-corrected chi connectivity index (χ0v) is 17.5. The fraction of sp³-hybridized carbons (Fsp3) is 0.0769. The zero-order valence-electron chi connectivity index (χ0n) is 17.5. The Morgan fingerprint density at radius 1 is 0.909 bits per heavy atom. The molecule has 1 aliphatic rings. The molecule has 3 aromatic rings. The summed E-state index contributed by atoms with van der Waals surface area (Å²) in [6, 6.07) is 22.4. The molecule has 0 radical (unpaired) electrons. The molecule has 0 unspecified atom stereocenters. The molecule has 0 amide bonds. The molecule has 0 saturated heterocycles. The van der Waals surface area contributed by atoms with E-state index in [0.717, 1.165) is 11.8 Å². The van der Waals surface area contributed by atoms with Gasteiger partial charge in [-0.3, -0.25) is 4.79 Å². The van der Waals surface area contributed by atoms with Gasteiger partial charge in [-0.15, -0.1) is 0 Å². The Kier molecular flexibility index (Phi) is 6.70. The third kappa shape index (κ3) is 5.59. The molecule has 0 fully saturated rings. The average Bonchev–Trinajstić information content (AvgIpc) is 3.23. The Labute approximate surface area is 189 Å². The lowest BCUT2D eigenvalue weighted by molar-refractivity contribution is -0.129. The van der Waals surface area contributed by atoms with Gasteiger partial charge in [0, 0.05) is 11.1 Å². The van der Waals surface area contributed by atoms with E-state index in [-0.39, 0.29) is 24.8 Å². The highest BCUT2D eigenvalue weighted by atomic mass is 16.6. The highest BCUT2D eigenvalue weighted by molar-refractivity contribution is 6.13. The number of aliphatic imine (C=N–C) groups is 1. The molecular weight excluding hydrogens is 422 g/mol. The van der Waals surface area contributed by atoms with Gasteiger partial charge in [-0.1, -0.05) is 36.4 Å². The normalized spacial score (nSPS) is 13.9. The molecule has 0 spiro atoms. The summed E-state index contributed by atoms with van der Waals surface area (Å²) in [7, 11) is 0. The SMILES string of the molecule is O=Cc1ccc(OCCOC(=O)c2cccc(C3=N/C(=C/c4ccccc4)C(=O)O3)c2)cc1. The van der Waals surface area contributed by atoms with Crippen LogP contribution in [0.5, 0.6) is 5.75 Å². The highest BCUT2D eigenvalue weighted by Gasteiger charge is 2.24. The van der Waals surface area contributed by atoms with Gasteiger partial charge in [0.05, 0.1) is 5.56 Å². The molecule has 4 rings (SSSR count). The Balaban J connectivity index is 1.36. The van der Waals surface area contributed by atoms with E-state index in [1.165, 1.54) is 0 Å². The lowest BCUT2D eigenvalue weighted by Gasteiger charge is -2.08. The van der Waals surface area contributed by atoms with E-state index in [1.54, 1.807) is 54.6 Å². The summed E-state index contributed by atoms with van der Waals surface area (Å²) in [4.78, 5) is 39.5. The van der Waals surface area contributed by atoms with Crippen LogP contribution >= 0.6 is 0 Å². The van der Waals surface area contributed by atoms with Gasteiger partial charge < -0.3 is 14.2 Å². The summed E-state index contributed by atoms with van der Waals surface area (Å²) in [6.45, 7) is 0.197. The van der Waals surface area contributed by atoms with Crippen molar-refractivity contribution in [1.82, 2.24) is 0 Å². The van der Waals surface area contributed by atoms with Crippen LogP contribution in [-0.4, -0.2) is 37.3 Å². The second-order valence-electron chi connectivity index (χ2n) is 7.00. The number of aldehydes is 1. The fourth-order valence-corrected chi connectivity index (χ4v) is 3.04. The van der Waals surface area contributed by atoms with Gasteiger partial charge in [0.1, 0.15) is 25.2 Å². The minimum absolute atomic E-state index is 0.0401. The summed E-state index contributed by atoms with van der Waals surface area (Å²) < 4.78 is 16.0. The molecule has 7 nitrogen and oxygen atoms in total. The maximum Gasteiger partial charge on any atom is 0.363 e. The maximum atomic E-state index is 12.4. The molecule has 1 aliphatic heterocycles. The molecule has 3 aromatic carbocycles. The lowest BCUT2D eigenvalue weighted by Crippen LogP contribution is -2.13. The first-order valence-corrected chi connectivity index (χ1v) is 10.2. The van der Waals surface area contributed by atoms with Crippen LogP contribution in [0.1, 0.15) is 31.8 Å². The molecule has 0 saturated carbocycles. The number of esters is 2. The quantitative estimate of drug-likeness (QED) is 0.226. The van der Waals surface area contributed by atoms with Crippen LogP contribution in [0, 0.1) is 0 Å². The van der Waals surface area contributed by atoms with Crippen molar-refractivity contribution in [1.29, 1.82) is 0 Å². The minimum Gasteiger partial charge on any atom is -0.490 e. The van der Waals surface area contributed by atoms with Crippen LogP contribution in [0.2, 0.25) is 0 Å². The van der Waals surface area contributed by atoms with E-state index in [9.17, 15) is 14.4 Å². The monoisotopic (exact) mass is 441 g/mol. The number of hydrogen-bond donors (Lipinski definition) is 0. The second-order valence-corrected chi connectivity index (χ2v) is 7.00. The topological polar surface area (TPSA) is 91.3 Å². The average molecular weight is 441 g/mol. The molecule has 0 N–H and O–H groups in total. The van der Waals surface area contributed by atoms with E-state index >= 15 is 0 Å². The number of nitrogens with zero attached hydrogens (tertiary/aromatic N) is 1. The first-order valence-electron chi connectivity index (χ1n) is 10.2. The van der Waals surface area contributed by atoms with Crippen LogP contribution < -0.4 is 4.74 Å². The standard InChI is InChI=1S/C26H19NO6/c28-17-19-9-11-22(12-10-19)31-13-14-32-25(29)21-8-4-7-20(16-21)24-27-23(26(30)33-24)15-18-5-2-1-3-6-18/h1-12,15-17H,13-14H2/b23-15+. The third-order valence-corrected chi connectivity index (χ3v) is 4.67. The predicted molar refractivity (Wildman–Crippen MR) is 121 cm³/mol. The maximum absolute atomic E-state index is 12.4. The van der Waals surface area contributed by atoms with Crippen molar-refractivity contribution in [3.63, 3.8) is 0 Å². The Morgan fingerprint density at radius 2 is 1.70 bits per heavy atom. The summed E-state index contributed by atoms with van der Waals surface area (Å²) in [6.07, 6.45) is 2.39. The lowest BCUT2D eigenvalue weighted by atomic mass is 10.1. The number of cyclic esters (lactones) is 1. The first kappa shape index (κ1) is 21.7. The molecule has 0 aliphatic carbocycles. The smallest absolute Gasteiger partial charge is 0.363 e. The van der Waals surface area contributed by atoms with Gasteiger partial charge in [0.15, 0.2) is 5.70 Å². The number of benzene rings is 3. The second kappa shape index (κ2) is 10.2. The van der Waals surface area contributed by atoms with Crippen LogP contribution in [0.25, 0.3) is 6.08 Å². The van der Waals surface area contributed by atoms with E-state index < -0.39 is 11.9 Å². The van der Waals surface area contributed by atoms with E-state index in [2.05, 4.69) is 4.99 Å². The molecule has 164 valence electrons. The molecule has 0 aromatic heterocycles. The zero-order chi connectivity index (χ0) is 23.0. The van der Waals surface area contributed by atoms with Crippen molar-refractivity contribution >= 4 is 30.2 Å². The number of rotatable bonds is 8. The van der Waals surface area contributed by atoms with Crippen molar-refractivity contribution in [2.75, 3.05) is 13.2 Å². The highest BCUT2D eigenvalue weighted by Crippen LogP contribution is 2.20. The predicted octanol–water partition coefficient (Wildman–Crippen LogP) is 4.08. The van der Waals surface area contributed by atoms with Crippen LogP contribution in [0.15, 0.2) is 89.6 Å². The van der Waals surface area contributed by atoms with E-state index in [4.69, 9.17) is 14.2 Å². The number of ether oxygens (including phenoxy) is 3. The van der Waals surface area contributed by atoms with Gasteiger partial charge in [-0.05, 0) is 54.1 Å². The number of carbonyl (C=O) groups excluding carboxylic acids is 3. The Morgan fingerprint density at radius 3 is 2.45 bits per heavy atom. The number of hydrogen-bond acceptors (Lipinski definition) is 7. The van der Waals surface area contributed by atoms with E-state index in [0.29, 0.717) is 22.4 Å². The van der Waals surface area contributed by atoms with E-state index in [1.807, 2.05) is 30.3 Å². The summed E-state index contributed by atoms with van der Waals surface area (Å²) in [5.41, 5.74) is 2.34. The molecule has 0 bridgehead atoms. The van der Waals surface area contributed by atoms with Crippen LogP contribution in [0.3, 0.4) is 0 Å². The molecule has 1 heterocycles. The van der Waals surface area contributed by atoms with Crippen molar-refractivity contribution in [3.8, 4) is 5.75 Å². The largest absolute Gasteiger partial charge is 0.490 e. The van der Waals surface area contributed by atoms with Gasteiger partial charge in [0.25, 0.3) is 0 Å². The third-order valence-electron chi connectivity index (χ3n) is 4.67. The Hall–Kier alpha value is -4.52. The molecular formula is C26H19NO6. The van der Waals surface area contributed by atoms with Crippen LogP contribution in [0.4, 0.5) is 0 Å². The fourth-order valence-electron chi connectivity index (χ4n) is 3.04. The van der Waals surface area contributed by atoms with Crippen molar-refractivity contribution in [3.05, 3.63) is 107 Å². The molecule has 33 heavy (non-hydrogen) atoms. The number of carbonyl (C=O) groups is 3. The van der Waals surface area contributed by atoms with Crippen molar-refractivity contribution in [2.24, 2.45) is 4.99 Å². The first-order chi connectivity index (χ1) is 16.1. The Bertz CT molecular complexity index is 1230. The van der Waals surface area contributed by atoms with Gasteiger partial charge in [0.2, 0.25) is 5.90 Å².